The standard InChI is InChI=1S/C38H35BrN2O5S/c1-6-45-37(43)33-23(4)40-38-41(34(33)27-16-14-25(15-17-27)22(2)3)36(42)32(47-38)20-24-18-30(39)35(31(19-24)44-5)46-21-28-12-9-11-26-10-7-8-13-29(26)28/h7-20,22,34H,6,21H2,1-5H3/b32-20-/t34-/m1/s1. The van der Waals surface area contributed by atoms with Gasteiger partial charge in [0.2, 0.25) is 0 Å². The summed E-state index contributed by atoms with van der Waals surface area (Å²) in [5.74, 6) is 0.966. The monoisotopic (exact) mass is 710 g/mol. The quantitative estimate of drug-likeness (QED) is 0.149. The van der Waals surface area contributed by atoms with Gasteiger partial charge in [0, 0.05) is 0 Å². The van der Waals surface area contributed by atoms with Crippen LogP contribution in [0, 0.1) is 0 Å². The molecule has 0 unspecified atom stereocenters. The molecule has 1 aliphatic heterocycles. The summed E-state index contributed by atoms with van der Waals surface area (Å²) in [5, 5.41) is 2.28. The summed E-state index contributed by atoms with van der Waals surface area (Å²) in [5.41, 5.74) is 4.45. The van der Waals surface area contributed by atoms with Gasteiger partial charge in [-0.2, -0.15) is 0 Å². The number of carbonyl (C=O) groups is 1. The van der Waals surface area contributed by atoms with Crippen molar-refractivity contribution in [3.63, 3.8) is 0 Å². The first-order chi connectivity index (χ1) is 22.7. The lowest BCUT2D eigenvalue weighted by Crippen LogP contribution is -2.39. The molecule has 9 heteroatoms. The highest BCUT2D eigenvalue weighted by molar-refractivity contribution is 9.10. The highest BCUT2D eigenvalue weighted by Gasteiger charge is 2.33. The number of ether oxygens (including phenoxy) is 3. The van der Waals surface area contributed by atoms with Gasteiger partial charge in [0.15, 0.2) is 16.3 Å². The van der Waals surface area contributed by atoms with Crippen molar-refractivity contribution < 1.29 is 19.0 Å². The summed E-state index contributed by atoms with van der Waals surface area (Å²) in [6.45, 7) is 8.39. The number of nitrogens with zero attached hydrogens (tertiary/aromatic N) is 2. The third kappa shape index (κ3) is 6.42. The van der Waals surface area contributed by atoms with E-state index in [1.165, 1.54) is 16.9 Å². The van der Waals surface area contributed by atoms with E-state index >= 15 is 0 Å². The van der Waals surface area contributed by atoms with E-state index in [1.54, 1.807) is 25.5 Å². The molecule has 1 aliphatic rings. The van der Waals surface area contributed by atoms with Gasteiger partial charge >= 0.3 is 5.97 Å². The van der Waals surface area contributed by atoms with Gasteiger partial charge in [-0.15, -0.1) is 0 Å². The predicted molar refractivity (Wildman–Crippen MR) is 190 cm³/mol. The molecule has 0 bridgehead atoms. The summed E-state index contributed by atoms with van der Waals surface area (Å²) in [7, 11) is 1.59. The molecule has 4 aromatic carbocycles. The van der Waals surface area contributed by atoms with Gasteiger partial charge in [-0.05, 0) is 86.9 Å². The van der Waals surface area contributed by atoms with Crippen LogP contribution in [0.2, 0.25) is 0 Å². The number of carbonyl (C=O) groups excluding carboxylic acids is 1. The second-order valence-electron chi connectivity index (χ2n) is 11.6. The maximum absolute atomic E-state index is 14.1. The zero-order valence-electron chi connectivity index (χ0n) is 26.9. The molecule has 2 heterocycles. The number of methoxy groups -OCH3 is 1. The molecule has 0 amide bonds. The van der Waals surface area contributed by atoms with Crippen LogP contribution in [-0.2, 0) is 16.1 Å². The number of hydrogen-bond donors (Lipinski definition) is 0. The van der Waals surface area contributed by atoms with E-state index in [2.05, 4.69) is 54.0 Å². The fraction of sp³-hybridized carbons (Fsp3) is 0.237. The molecule has 0 spiro atoms. The smallest absolute Gasteiger partial charge is 0.338 e. The van der Waals surface area contributed by atoms with Crippen molar-refractivity contribution in [3.8, 4) is 11.5 Å². The number of halogens is 1. The minimum Gasteiger partial charge on any atom is -0.493 e. The van der Waals surface area contributed by atoms with E-state index in [0.717, 1.165) is 27.5 Å². The van der Waals surface area contributed by atoms with Crippen molar-refractivity contribution in [3.05, 3.63) is 137 Å². The molecular weight excluding hydrogens is 676 g/mol. The van der Waals surface area contributed by atoms with Crippen LogP contribution < -0.4 is 24.4 Å². The van der Waals surface area contributed by atoms with Gasteiger partial charge < -0.3 is 14.2 Å². The molecule has 7 nitrogen and oxygen atoms in total. The van der Waals surface area contributed by atoms with E-state index in [0.29, 0.717) is 49.1 Å². The first kappa shape index (κ1) is 32.5. The van der Waals surface area contributed by atoms with Crippen molar-refractivity contribution in [2.45, 2.75) is 46.3 Å². The van der Waals surface area contributed by atoms with Gasteiger partial charge in [-0.1, -0.05) is 91.9 Å². The minimum absolute atomic E-state index is 0.220. The zero-order chi connectivity index (χ0) is 33.2. The number of esters is 1. The Labute approximate surface area is 285 Å². The first-order valence-electron chi connectivity index (χ1n) is 15.5. The van der Waals surface area contributed by atoms with Crippen molar-refractivity contribution in [1.29, 1.82) is 0 Å². The molecule has 1 atom stereocenters. The second kappa shape index (κ2) is 13.7. The number of fused-ring (bicyclic) bond motifs is 2. The van der Waals surface area contributed by atoms with Crippen LogP contribution in [0.25, 0.3) is 16.8 Å². The minimum atomic E-state index is -0.667. The summed E-state index contributed by atoms with van der Waals surface area (Å²) in [6, 6.07) is 25.5. The number of benzene rings is 4. The van der Waals surface area contributed by atoms with Crippen LogP contribution in [0.3, 0.4) is 0 Å². The van der Waals surface area contributed by atoms with Crippen molar-refractivity contribution in [1.82, 2.24) is 4.57 Å². The summed E-state index contributed by atoms with van der Waals surface area (Å²) < 4.78 is 20.2. The largest absolute Gasteiger partial charge is 0.493 e. The predicted octanol–water partition coefficient (Wildman–Crippen LogP) is 7.43. The van der Waals surface area contributed by atoms with Gasteiger partial charge in [0.25, 0.3) is 5.56 Å². The van der Waals surface area contributed by atoms with Crippen LogP contribution in [0.15, 0.2) is 104 Å². The molecule has 5 aromatic rings. The molecule has 0 aliphatic carbocycles. The Balaban J connectivity index is 1.39. The first-order valence-corrected chi connectivity index (χ1v) is 17.1. The van der Waals surface area contributed by atoms with Crippen LogP contribution in [0.1, 0.15) is 61.9 Å². The topological polar surface area (TPSA) is 79.1 Å². The van der Waals surface area contributed by atoms with E-state index in [4.69, 9.17) is 19.2 Å². The molecule has 0 fully saturated rings. The molecule has 6 rings (SSSR count). The van der Waals surface area contributed by atoms with Crippen molar-refractivity contribution in [2.24, 2.45) is 4.99 Å². The Hall–Kier alpha value is -4.47. The fourth-order valence-electron chi connectivity index (χ4n) is 5.85. The number of thiazole rings is 1. The van der Waals surface area contributed by atoms with E-state index in [9.17, 15) is 9.59 Å². The van der Waals surface area contributed by atoms with Crippen molar-refractivity contribution in [2.75, 3.05) is 13.7 Å². The Kier molecular flexibility index (Phi) is 9.47. The molecule has 1 aromatic heterocycles. The third-order valence-electron chi connectivity index (χ3n) is 8.24. The normalized spacial score (nSPS) is 14.7. The number of rotatable bonds is 9. The average molecular weight is 712 g/mol. The summed E-state index contributed by atoms with van der Waals surface area (Å²) in [4.78, 5) is 32.6. The van der Waals surface area contributed by atoms with Gasteiger partial charge in [0.1, 0.15) is 6.61 Å². The maximum Gasteiger partial charge on any atom is 0.338 e. The van der Waals surface area contributed by atoms with Crippen molar-refractivity contribution >= 4 is 50.1 Å². The molecular formula is C38H35BrN2O5S. The Morgan fingerprint density at radius 3 is 2.53 bits per heavy atom. The van der Waals surface area contributed by atoms with Crippen LogP contribution in [0.5, 0.6) is 11.5 Å². The van der Waals surface area contributed by atoms with Gasteiger partial charge in [-0.25, -0.2) is 9.79 Å². The van der Waals surface area contributed by atoms with E-state index in [-0.39, 0.29) is 12.2 Å². The van der Waals surface area contributed by atoms with Crippen LogP contribution in [0.4, 0.5) is 0 Å². The molecule has 47 heavy (non-hydrogen) atoms. The maximum atomic E-state index is 14.1. The highest BCUT2D eigenvalue weighted by atomic mass is 79.9. The van der Waals surface area contributed by atoms with E-state index < -0.39 is 12.0 Å². The lowest BCUT2D eigenvalue weighted by atomic mass is 9.93. The Morgan fingerprint density at radius 2 is 1.81 bits per heavy atom. The molecule has 240 valence electrons. The molecule has 0 saturated heterocycles. The third-order valence-corrected chi connectivity index (χ3v) is 9.81. The summed E-state index contributed by atoms with van der Waals surface area (Å²) in [6.07, 6.45) is 1.81. The molecule has 0 saturated carbocycles. The zero-order valence-corrected chi connectivity index (χ0v) is 29.3. The highest BCUT2D eigenvalue weighted by Crippen LogP contribution is 2.38. The Bertz CT molecular complexity index is 2190. The van der Waals surface area contributed by atoms with E-state index in [1.807, 2.05) is 60.7 Å². The number of hydrogen-bond acceptors (Lipinski definition) is 7. The Morgan fingerprint density at radius 1 is 1.06 bits per heavy atom. The lowest BCUT2D eigenvalue weighted by Gasteiger charge is -2.25. The number of aromatic nitrogens is 1. The summed E-state index contributed by atoms with van der Waals surface area (Å²) >= 11 is 4.95. The van der Waals surface area contributed by atoms with Crippen LogP contribution >= 0.6 is 27.3 Å². The molecule has 0 radical (unpaired) electrons. The SMILES string of the molecule is CCOC(=O)C1=C(C)N=c2s/c(=C\c3cc(Br)c(OCc4cccc5ccccc45)c(OC)c3)c(=O)n2[C@@H]1c1ccc(C(C)C)cc1. The fourth-order valence-corrected chi connectivity index (χ4v) is 7.47. The van der Waals surface area contributed by atoms with Gasteiger partial charge in [-0.3, -0.25) is 9.36 Å². The van der Waals surface area contributed by atoms with Gasteiger partial charge in [0.05, 0.1) is 40.0 Å². The molecule has 0 N–H and O–H groups in total. The number of allylic oxidation sites excluding steroid dienone is 1. The average Bonchev–Trinajstić information content (AvgIpc) is 3.36. The lowest BCUT2D eigenvalue weighted by molar-refractivity contribution is -0.139. The second-order valence-corrected chi connectivity index (χ2v) is 13.4. The van der Waals surface area contributed by atoms with Crippen LogP contribution in [-0.4, -0.2) is 24.3 Å².